The van der Waals surface area contributed by atoms with Crippen LogP contribution in [-0.4, -0.2) is 16.1 Å². The van der Waals surface area contributed by atoms with E-state index in [1.54, 1.807) is 0 Å². The molecule has 7 heteroatoms. The lowest BCUT2D eigenvalue weighted by molar-refractivity contribution is 0.0685. The number of aromatic nitrogens is 1. The number of hydrogen-bond donors (Lipinski definition) is 1. The van der Waals surface area contributed by atoms with E-state index in [9.17, 15) is 9.18 Å². The molecular formula is C12H5Cl3FNO2. The second-order valence-corrected chi connectivity index (χ2v) is 4.80. The molecule has 19 heavy (non-hydrogen) atoms. The van der Waals surface area contributed by atoms with E-state index in [1.807, 2.05) is 0 Å². The van der Waals surface area contributed by atoms with Crippen LogP contribution in [0.25, 0.3) is 11.3 Å². The third kappa shape index (κ3) is 2.81. The fourth-order valence-electron chi connectivity index (χ4n) is 1.48. The summed E-state index contributed by atoms with van der Waals surface area (Å²) in [4.78, 5) is 14.5. The molecule has 0 bridgehead atoms. The molecule has 98 valence electrons. The van der Waals surface area contributed by atoms with E-state index in [0.29, 0.717) is 10.6 Å². The van der Waals surface area contributed by atoms with Crippen LogP contribution in [0.2, 0.25) is 15.1 Å². The molecule has 2 rings (SSSR count). The van der Waals surface area contributed by atoms with Gasteiger partial charge in [-0.3, -0.25) is 0 Å². The molecule has 0 saturated carbocycles. The van der Waals surface area contributed by atoms with E-state index in [2.05, 4.69) is 4.98 Å². The number of hydrogen-bond acceptors (Lipinski definition) is 2. The molecule has 3 nitrogen and oxygen atoms in total. The molecule has 0 aliphatic heterocycles. The summed E-state index contributed by atoms with van der Waals surface area (Å²) in [6, 6.07) is 5.21. The lowest BCUT2D eigenvalue weighted by Crippen LogP contribution is -2.05. The number of pyridine rings is 1. The normalized spacial score (nSPS) is 10.5. The van der Waals surface area contributed by atoms with Gasteiger partial charge in [0.05, 0.1) is 15.7 Å². The van der Waals surface area contributed by atoms with Crippen molar-refractivity contribution < 1.29 is 14.3 Å². The van der Waals surface area contributed by atoms with Crippen molar-refractivity contribution in [2.24, 2.45) is 0 Å². The highest BCUT2D eigenvalue weighted by molar-refractivity contribution is 6.45. The molecule has 0 atom stereocenters. The summed E-state index contributed by atoms with van der Waals surface area (Å²) in [7, 11) is 0. The Morgan fingerprint density at radius 3 is 2.53 bits per heavy atom. The molecule has 0 amide bonds. The minimum absolute atomic E-state index is 0.168. The van der Waals surface area contributed by atoms with Crippen molar-refractivity contribution >= 4 is 40.8 Å². The largest absolute Gasteiger partial charge is 0.476 e. The number of carboxylic acid groups (broad SMARTS) is 1. The van der Waals surface area contributed by atoms with Crippen molar-refractivity contribution in [3.05, 3.63) is 50.8 Å². The zero-order chi connectivity index (χ0) is 14.2. The first-order valence-electron chi connectivity index (χ1n) is 4.95. The number of aromatic carboxylic acids is 1. The van der Waals surface area contributed by atoms with Crippen LogP contribution in [0.15, 0.2) is 24.3 Å². The van der Waals surface area contributed by atoms with Crippen LogP contribution in [0.1, 0.15) is 10.5 Å². The topological polar surface area (TPSA) is 50.2 Å². The lowest BCUT2D eigenvalue weighted by Gasteiger charge is -2.07. The fourth-order valence-corrected chi connectivity index (χ4v) is 2.18. The zero-order valence-electron chi connectivity index (χ0n) is 9.12. The van der Waals surface area contributed by atoms with Gasteiger partial charge in [0, 0.05) is 10.6 Å². The number of benzene rings is 1. The molecule has 0 unspecified atom stereocenters. The second kappa shape index (κ2) is 5.33. The molecule has 1 N–H and O–H groups in total. The van der Waals surface area contributed by atoms with Crippen LogP contribution in [0, 0.1) is 5.82 Å². The molecule has 0 spiro atoms. The van der Waals surface area contributed by atoms with Gasteiger partial charge in [-0.2, -0.15) is 0 Å². The Bertz CT molecular complexity index is 676. The maximum atomic E-state index is 13.3. The van der Waals surface area contributed by atoms with Gasteiger partial charge in [0.2, 0.25) is 0 Å². The minimum Gasteiger partial charge on any atom is -0.476 e. The molecule has 1 aromatic heterocycles. The average Bonchev–Trinajstić information content (AvgIpc) is 2.34. The first kappa shape index (κ1) is 14.1. The smallest absolute Gasteiger partial charge is 0.357 e. The molecule has 0 aliphatic carbocycles. The van der Waals surface area contributed by atoms with Gasteiger partial charge in [-0.1, -0.05) is 34.8 Å². The summed E-state index contributed by atoms with van der Waals surface area (Å²) < 4.78 is 13.3. The fraction of sp³-hybridized carbons (Fsp3) is 0. The summed E-state index contributed by atoms with van der Waals surface area (Å²) in [6.45, 7) is 0. The predicted octanol–water partition coefficient (Wildman–Crippen LogP) is 4.55. The van der Waals surface area contributed by atoms with Crippen molar-refractivity contribution in [2.75, 3.05) is 0 Å². The molecule has 0 fully saturated rings. The molecule has 1 heterocycles. The van der Waals surface area contributed by atoms with Gasteiger partial charge in [-0.05, 0) is 24.3 Å². The van der Waals surface area contributed by atoms with E-state index in [-0.39, 0.29) is 15.7 Å². The lowest BCUT2D eigenvalue weighted by atomic mass is 10.1. The average molecular weight is 321 g/mol. The van der Waals surface area contributed by atoms with E-state index in [4.69, 9.17) is 39.9 Å². The van der Waals surface area contributed by atoms with Gasteiger partial charge >= 0.3 is 5.97 Å². The van der Waals surface area contributed by atoms with Gasteiger partial charge in [0.15, 0.2) is 11.5 Å². The molecule has 0 aliphatic rings. The van der Waals surface area contributed by atoms with Crippen molar-refractivity contribution in [1.82, 2.24) is 4.98 Å². The summed E-state index contributed by atoms with van der Waals surface area (Å²) in [5.74, 6) is -2.40. The van der Waals surface area contributed by atoms with Gasteiger partial charge < -0.3 is 5.11 Å². The van der Waals surface area contributed by atoms with Crippen LogP contribution < -0.4 is 0 Å². The van der Waals surface area contributed by atoms with Gasteiger partial charge in [0.1, 0.15) is 0 Å². The quantitative estimate of drug-likeness (QED) is 0.826. The molecule has 1 aromatic carbocycles. The van der Waals surface area contributed by atoms with Gasteiger partial charge in [-0.15, -0.1) is 0 Å². The predicted molar refractivity (Wildman–Crippen MR) is 71.6 cm³/mol. The Hall–Kier alpha value is -1.36. The second-order valence-electron chi connectivity index (χ2n) is 3.58. The highest BCUT2D eigenvalue weighted by atomic mass is 35.5. The zero-order valence-corrected chi connectivity index (χ0v) is 11.4. The molecule has 2 aromatic rings. The van der Waals surface area contributed by atoms with E-state index in [1.165, 1.54) is 18.2 Å². The molecule has 0 radical (unpaired) electrons. The summed E-state index contributed by atoms with van der Waals surface area (Å²) in [5, 5.41) is 9.51. The maximum Gasteiger partial charge on any atom is 0.357 e. The van der Waals surface area contributed by atoms with E-state index in [0.717, 1.165) is 6.07 Å². The van der Waals surface area contributed by atoms with Gasteiger partial charge in [0.25, 0.3) is 0 Å². The van der Waals surface area contributed by atoms with Crippen molar-refractivity contribution in [2.45, 2.75) is 0 Å². The number of nitrogens with zero attached hydrogens (tertiary/aromatic N) is 1. The third-order valence-electron chi connectivity index (χ3n) is 2.32. The Morgan fingerprint density at radius 1 is 1.21 bits per heavy atom. The molecule has 0 saturated heterocycles. The molecular weight excluding hydrogens is 315 g/mol. The third-order valence-corrected chi connectivity index (χ3v) is 3.34. The Kier molecular flexibility index (Phi) is 3.94. The highest BCUT2D eigenvalue weighted by Crippen LogP contribution is 2.35. The Balaban J connectivity index is 2.66. The standard InChI is InChI=1S/C12H5Cl3FNO2/c13-5-3-6(10(15)7(14)4-5)9-2-1-8(16)11(17-9)12(18)19/h1-4H,(H,18,19). The Labute approximate surface area is 122 Å². The van der Waals surface area contributed by atoms with E-state index < -0.39 is 17.5 Å². The van der Waals surface area contributed by atoms with Crippen LogP contribution in [-0.2, 0) is 0 Å². The van der Waals surface area contributed by atoms with Crippen molar-refractivity contribution in [3.8, 4) is 11.3 Å². The number of halogens is 4. The Morgan fingerprint density at radius 2 is 1.89 bits per heavy atom. The first-order chi connectivity index (χ1) is 8.90. The SMILES string of the molecule is O=C(O)c1nc(-c2cc(Cl)cc(Cl)c2Cl)ccc1F. The number of rotatable bonds is 2. The number of carboxylic acids is 1. The monoisotopic (exact) mass is 319 g/mol. The van der Waals surface area contributed by atoms with Crippen molar-refractivity contribution in [1.29, 1.82) is 0 Å². The minimum atomic E-state index is -1.47. The summed E-state index contributed by atoms with van der Waals surface area (Å²) >= 11 is 17.7. The van der Waals surface area contributed by atoms with E-state index >= 15 is 0 Å². The maximum absolute atomic E-state index is 13.3. The highest BCUT2D eigenvalue weighted by Gasteiger charge is 2.16. The van der Waals surface area contributed by atoms with Gasteiger partial charge in [-0.25, -0.2) is 14.2 Å². The van der Waals surface area contributed by atoms with Crippen LogP contribution in [0.5, 0.6) is 0 Å². The first-order valence-corrected chi connectivity index (χ1v) is 6.08. The van der Waals surface area contributed by atoms with Crippen molar-refractivity contribution in [3.63, 3.8) is 0 Å². The number of carbonyl (C=O) groups is 1. The van der Waals surface area contributed by atoms with Crippen LogP contribution in [0.4, 0.5) is 4.39 Å². The summed E-state index contributed by atoms with van der Waals surface area (Å²) in [5.41, 5.74) is -0.181. The summed E-state index contributed by atoms with van der Waals surface area (Å²) in [6.07, 6.45) is 0. The van der Waals surface area contributed by atoms with Crippen LogP contribution in [0.3, 0.4) is 0 Å². The van der Waals surface area contributed by atoms with Crippen LogP contribution >= 0.6 is 34.8 Å².